The number of aromatic nitrogens is 3. The van der Waals surface area contributed by atoms with Gasteiger partial charge in [0.15, 0.2) is 0 Å². The molecule has 0 fully saturated rings. The molecule has 2 aromatic heterocycles. The Kier molecular flexibility index (Phi) is 2.68. The number of amides is 1. The van der Waals surface area contributed by atoms with Gasteiger partial charge in [0, 0.05) is 30.8 Å². The number of anilines is 1. The largest absolute Gasteiger partial charge is 0.322 e. The summed E-state index contributed by atoms with van der Waals surface area (Å²) in [4.78, 5) is 15.7. The standard InChI is InChI=1S/C11H12N4O/c1-8-10(7-13-15(8)2)11(16)14-9-3-5-12-6-4-9/h3-7H,1-2H3,(H,12,14,16). The topological polar surface area (TPSA) is 59.8 Å². The summed E-state index contributed by atoms with van der Waals surface area (Å²) in [6.45, 7) is 1.86. The van der Waals surface area contributed by atoms with Crippen LogP contribution >= 0.6 is 0 Å². The van der Waals surface area contributed by atoms with Gasteiger partial charge in [-0.1, -0.05) is 0 Å². The molecule has 1 N–H and O–H groups in total. The first-order valence-corrected chi connectivity index (χ1v) is 4.88. The maximum absolute atomic E-state index is 11.9. The second-order valence-electron chi connectivity index (χ2n) is 3.46. The molecule has 0 saturated carbocycles. The Balaban J connectivity index is 2.18. The van der Waals surface area contributed by atoms with E-state index in [2.05, 4.69) is 15.4 Å². The molecule has 0 atom stereocenters. The fourth-order valence-corrected chi connectivity index (χ4v) is 1.36. The minimum atomic E-state index is -0.156. The van der Waals surface area contributed by atoms with E-state index in [4.69, 9.17) is 0 Å². The van der Waals surface area contributed by atoms with E-state index in [0.29, 0.717) is 5.56 Å². The van der Waals surface area contributed by atoms with Crippen molar-refractivity contribution >= 4 is 11.6 Å². The van der Waals surface area contributed by atoms with E-state index in [-0.39, 0.29) is 5.91 Å². The molecule has 2 rings (SSSR count). The molecule has 5 nitrogen and oxygen atoms in total. The molecule has 0 aliphatic carbocycles. The molecule has 5 heteroatoms. The highest BCUT2D eigenvalue weighted by Gasteiger charge is 2.12. The van der Waals surface area contributed by atoms with Crippen LogP contribution in [0.1, 0.15) is 16.1 Å². The average Bonchev–Trinajstić information content (AvgIpc) is 2.61. The number of hydrogen-bond donors (Lipinski definition) is 1. The Morgan fingerprint density at radius 3 is 2.62 bits per heavy atom. The molecule has 16 heavy (non-hydrogen) atoms. The number of carbonyl (C=O) groups is 1. The van der Waals surface area contributed by atoms with Crippen molar-refractivity contribution in [2.45, 2.75) is 6.92 Å². The van der Waals surface area contributed by atoms with Crippen molar-refractivity contribution in [2.75, 3.05) is 5.32 Å². The van der Waals surface area contributed by atoms with Gasteiger partial charge in [-0.15, -0.1) is 0 Å². The highest BCUT2D eigenvalue weighted by molar-refractivity contribution is 6.04. The van der Waals surface area contributed by atoms with Crippen LogP contribution in [0.4, 0.5) is 5.69 Å². The summed E-state index contributed by atoms with van der Waals surface area (Å²) in [6.07, 6.45) is 4.82. The molecule has 0 aliphatic heterocycles. The zero-order chi connectivity index (χ0) is 11.5. The lowest BCUT2D eigenvalue weighted by atomic mass is 10.2. The first-order valence-electron chi connectivity index (χ1n) is 4.88. The number of nitrogens with zero attached hydrogens (tertiary/aromatic N) is 3. The third-order valence-corrected chi connectivity index (χ3v) is 2.42. The zero-order valence-corrected chi connectivity index (χ0v) is 9.14. The normalized spacial score (nSPS) is 10.1. The molecular weight excluding hydrogens is 204 g/mol. The maximum atomic E-state index is 11.9. The van der Waals surface area contributed by atoms with Crippen LogP contribution < -0.4 is 5.32 Å². The van der Waals surface area contributed by atoms with Gasteiger partial charge in [0.2, 0.25) is 0 Å². The van der Waals surface area contributed by atoms with Crippen LogP contribution in [0.25, 0.3) is 0 Å². The number of rotatable bonds is 2. The van der Waals surface area contributed by atoms with Gasteiger partial charge < -0.3 is 5.32 Å². The Morgan fingerprint density at radius 1 is 1.38 bits per heavy atom. The van der Waals surface area contributed by atoms with Crippen LogP contribution in [0.3, 0.4) is 0 Å². The van der Waals surface area contributed by atoms with Crippen LogP contribution in [0.15, 0.2) is 30.7 Å². The van der Waals surface area contributed by atoms with Crippen molar-refractivity contribution in [2.24, 2.45) is 7.05 Å². The average molecular weight is 216 g/mol. The lowest BCUT2D eigenvalue weighted by Crippen LogP contribution is -2.12. The van der Waals surface area contributed by atoms with Crippen LogP contribution in [0.5, 0.6) is 0 Å². The molecular formula is C11H12N4O. The number of nitrogens with one attached hydrogen (secondary N) is 1. The van der Waals surface area contributed by atoms with Crippen LogP contribution in [0, 0.1) is 6.92 Å². The van der Waals surface area contributed by atoms with Crippen molar-refractivity contribution < 1.29 is 4.79 Å². The minimum absolute atomic E-state index is 0.156. The predicted molar refractivity (Wildman–Crippen MR) is 60.1 cm³/mol. The molecule has 2 aromatic rings. The summed E-state index contributed by atoms with van der Waals surface area (Å²) in [5.74, 6) is -0.156. The van der Waals surface area contributed by atoms with E-state index in [0.717, 1.165) is 11.4 Å². The molecule has 82 valence electrons. The van der Waals surface area contributed by atoms with Gasteiger partial charge in [-0.2, -0.15) is 5.10 Å². The van der Waals surface area contributed by atoms with Gasteiger partial charge >= 0.3 is 0 Å². The third kappa shape index (κ3) is 1.93. The SMILES string of the molecule is Cc1c(C(=O)Nc2ccncc2)cnn1C. The van der Waals surface area contributed by atoms with E-state index in [9.17, 15) is 4.79 Å². The van der Waals surface area contributed by atoms with Gasteiger partial charge in [0.1, 0.15) is 0 Å². The molecule has 0 spiro atoms. The monoisotopic (exact) mass is 216 g/mol. The summed E-state index contributed by atoms with van der Waals surface area (Å²) < 4.78 is 1.67. The Morgan fingerprint density at radius 2 is 2.06 bits per heavy atom. The van der Waals surface area contributed by atoms with E-state index >= 15 is 0 Å². The van der Waals surface area contributed by atoms with Gasteiger partial charge in [-0.25, -0.2) is 0 Å². The van der Waals surface area contributed by atoms with Crippen LogP contribution in [-0.2, 0) is 7.05 Å². The van der Waals surface area contributed by atoms with Crippen molar-refractivity contribution in [3.8, 4) is 0 Å². The predicted octanol–water partition coefficient (Wildman–Crippen LogP) is 1.38. The summed E-state index contributed by atoms with van der Waals surface area (Å²) in [6, 6.07) is 3.48. The molecule has 0 bridgehead atoms. The lowest BCUT2D eigenvalue weighted by Gasteiger charge is -2.03. The first-order chi connectivity index (χ1) is 7.68. The van der Waals surface area contributed by atoms with Crippen molar-refractivity contribution in [1.82, 2.24) is 14.8 Å². The van der Waals surface area contributed by atoms with Crippen molar-refractivity contribution in [1.29, 1.82) is 0 Å². The lowest BCUT2D eigenvalue weighted by molar-refractivity contribution is 0.102. The summed E-state index contributed by atoms with van der Waals surface area (Å²) in [7, 11) is 1.80. The quantitative estimate of drug-likeness (QED) is 0.824. The van der Waals surface area contributed by atoms with E-state index in [1.165, 1.54) is 0 Å². The van der Waals surface area contributed by atoms with E-state index in [1.807, 2.05) is 6.92 Å². The van der Waals surface area contributed by atoms with E-state index in [1.54, 1.807) is 42.5 Å². The first kappa shape index (κ1) is 10.4. The Labute approximate surface area is 93.1 Å². The molecule has 2 heterocycles. The molecule has 0 saturated heterocycles. The number of aryl methyl sites for hydroxylation is 1. The Bertz CT molecular complexity index is 504. The second kappa shape index (κ2) is 4.14. The van der Waals surface area contributed by atoms with E-state index < -0.39 is 0 Å². The number of pyridine rings is 1. The van der Waals surface area contributed by atoms with Crippen molar-refractivity contribution in [3.63, 3.8) is 0 Å². The molecule has 0 aromatic carbocycles. The van der Waals surface area contributed by atoms with Crippen LogP contribution in [0.2, 0.25) is 0 Å². The molecule has 0 unspecified atom stereocenters. The Hall–Kier alpha value is -2.17. The maximum Gasteiger partial charge on any atom is 0.259 e. The van der Waals surface area contributed by atoms with Gasteiger partial charge in [0.25, 0.3) is 5.91 Å². The summed E-state index contributed by atoms with van der Waals surface area (Å²) >= 11 is 0. The molecule has 1 amide bonds. The summed E-state index contributed by atoms with van der Waals surface area (Å²) in [5.41, 5.74) is 2.15. The fraction of sp³-hybridized carbons (Fsp3) is 0.182. The smallest absolute Gasteiger partial charge is 0.259 e. The second-order valence-corrected chi connectivity index (χ2v) is 3.46. The van der Waals surface area contributed by atoms with Gasteiger partial charge in [-0.05, 0) is 19.1 Å². The highest BCUT2D eigenvalue weighted by atomic mass is 16.1. The molecule has 0 aliphatic rings. The zero-order valence-electron chi connectivity index (χ0n) is 9.14. The summed E-state index contributed by atoms with van der Waals surface area (Å²) in [5, 5.41) is 6.80. The highest BCUT2D eigenvalue weighted by Crippen LogP contribution is 2.10. The minimum Gasteiger partial charge on any atom is -0.322 e. The third-order valence-electron chi connectivity index (χ3n) is 2.42. The molecule has 0 radical (unpaired) electrons. The van der Waals surface area contributed by atoms with Crippen LogP contribution in [-0.4, -0.2) is 20.7 Å². The number of carbonyl (C=O) groups excluding carboxylic acids is 1. The van der Waals surface area contributed by atoms with Gasteiger partial charge in [-0.3, -0.25) is 14.5 Å². The fourth-order valence-electron chi connectivity index (χ4n) is 1.36. The van der Waals surface area contributed by atoms with Gasteiger partial charge in [0.05, 0.1) is 11.8 Å². The number of hydrogen-bond acceptors (Lipinski definition) is 3. The van der Waals surface area contributed by atoms with Crippen molar-refractivity contribution in [3.05, 3.63) is 42.0 Å².